The maximum atomic E-state index is 12.2. The van der Waals surface area contributed by atoms with E-state index in [2.05, 4.69) is 33.8 Å². The maximum Gasteiger partial charge on any atom is 0.239 e. The van der Waals surface area contributed by atoms with E-state index in [0.29, 0.717) is 24.8 Å². The Labute approximate surface area is 107 Å². The van der Waals surface area contributed by atoms with Crippen LogP contribution in [-0.4, -0.2) is 46.1 Å². The highest BCUT2D eigenvalue weighted by Crippen LogP contribution is 2.12. The summed E-state index contributed by atoms with van der Waals surface area (Å²) >= 11 is 0. The van der Waals surface area contributed by atoms with Crippen LogP contribution in [0.15, 0.2) is 10.9 Å². The van der Waals surface area contributed by atoms with Crippen molar-refractivity contribution >= 4 is 5.91 Å². The van der Waals surface area contributed by atoms with Crippen LogP contribution in [0.3, 0.4) is 0 Å². The van der Waals surface area contributed by atoms with E-state index in [1.165, 1.54) is 6.39 Å². The summed E-state index contributed by atoms with van der Waals surface area (Å²) in [7, 11) is 0. The van der Waals surface area contributed by atoms with Gasteiger partial charge in [-0.25, -0.2) is 0 Å². The first kappa shape index (κ1) is 13.0. The molecule has 0 spiro atoms. The first-order valence-electron chi connectivity index (χ1n) is 6.47. The Bertz CT molecular complexity index is 377. The molecule has 1 fully saturated rings. The van der Waals surface area contributed by atoms with E-state index in [4.69, 9.17) is 0 Å². The minimum absolute atomic E-state index is 0.0379. The van der Waals surface area contributed by atoms with E-state index in [0.717, 1.165) is 19.4 Å². The molecule has 100 valence electrons. The van der Waals surface area contributed by atoms with Crippen molar-refractivity contribution in [3.8, 4) is 0 Å². The lowest BCUT2D eigenvalue weighted by molar-refractivity contribution is -0.136. The van der Waals surface area contributed by atoms with E-state index in [1.807, 2.05) is 4.90 Å². The molecule has 0 radical (unpaired) electrons. The fourth-order valence-corrected chi connectivity index (χ4v) is 2.26. The van der Waals surface area contributed by atoms with Crippen LogP contribution < -0.4 is 5.32 Å². The molecule has 2 rings (SSSR count). The van der Waals surface area contributed by atoms with Gasteiger partial charge in [-0.2, -0.15) is 4.98 Å². The molecule has 1 unspecified atom stereocenters. The molecular weight excluding hydrogens is 232 g/mol. The van der Waals surface area contributed by atoms with E-state index >= 15 is 0 Å². The number of carbonyl (C=O) groups excluding carboxylic acids is 1. The van der Waals surface area contributed by atoms with Gasteiger partial charge in [0.1, 0.15) is 0 Å². The molecule has 1 saturated heterocycles. The predicted octanol–water partition coefficient (Wildman–Crippen LogP) is 0.601. The zero-order chi connectivity index (χ0) is 13.0. The predicted molar refractivity (Wildman–Crippen MR) is 65.9 cm³/mol. The number of rotatable bonds is 5. The quantitative estimate of drug-likeness (QED) is 0.831. The zero-order valence-electron chi connectivity index (χ0n) is 10.9. The number of nitrogens with one attached hydrogen (secondary N) is 1. The third kappa shape index (κ3) is 3.29. The molecular formula is C12H20N4O2. The van der Waals surface area contributed by atoms with Crippen LogP contribution in [0.25, 0.3) is 0 Å². The van der Waals surface area contributed by atoms with Gasteiger partial charge in [-0.15, -0.1) is 0 Å². The summed E-state index contributed by atoms with van der Waals surface area (Å²) in [6, 6.07) is 0.292. The first-order valence-corrected chi connectivity index (χ1v) is 6.47. The summed E-state index contributed by atoms with van der Waals surface area (Å²) in [5, 5.41) is 7.07. The van der Waals surface area contributed by atoms with Gasteiger partial charge >= 0.3 is 0 Å². The highest BCUT2D eigenvalue weighted by atomic mass is 16.5. The maximum absolute atomic E-state index is 12.2. The Kier molecular flexibility index (Phi) is 4.30. The van der Waals surface area contributed by atoms with Gasteiger partial charge in [-0.3, -0.25) is 4.79 Å². The minimum Gasteiger partial charge on any atom is -0.343 e. The molecule has 0 saturated carbocycles. The van der Waals surface area contributed by atoms with Crippen molar-refractivity contribution in [2.24, 2.45) is 0 Å². The Morgan fingerprint density at radius 1 is 1.61 bits per heavy atom. The third-order valence-corrected chi connectivity index (χ3v) is 3.08. The molecule has 2 heterocycles. The van der Waals surface area contributed by atoms with Crippen LogP contribution in [0.4, 0.5) is 0 Å². The number of piperidine rings is 1. The van der Waals surface area contributed by atoms with Crippen LogP contribution in [0.1, 0.15) is 32.5 Å². The van der Waals surface area contributed by atoms with Gasteiger partial charge in [0.2, 0.25) is 12.3 Å². The summed E-state index contributed by atoms with van der Waals surface area (Å²) in [6.45, 7) is 5.61. The van der Waals surface area contributed by atoms with E-state index in [1.54, 1.807) is 0 Å². The van der Waals surface area contributed by atoms with E-state index in [9.17, 15) is 4.79 Å². The summed E-state index contributed by atoms with van der Waals surface area (Å²) in [4.78, 5) is 18.1. The van der Waals surface area contributed by atoms with Crippen molar-refractivity contribution < 1.29 is 9.32 Å². The minimum atomic E-state index is -0.0379. The van der Waals surface area contributed by atoms with E-state index < -0.39 is 0 Å². The molecule has 1 aromatic heterocycles. The smallest absolute Gasteiger partial charge is 0.239 e. The van der Waals surface area contributed by atoms with Gasteiger partial charge in [-0.05, 0) is 12.8 Å². The number of carbonyl (C=O) groups is 1. The van der Waals surface area contributed by atoms with Gasteiger partial charge in [-0.1, -0.05) is 19.0 Å². The van der Waals surface area contributed by atoms with Crippen LogP contribution in [0.2, 0.25) is 0 Å². The fraction of sp³-hybridized carbons (Fsp3) is 0.750. The standard InChI is InChI=1S/C12H20N4O2/c1-9(2)14-10-4-3-6-16(12(10)17)7-5-11-13-8-18-15-11/h8-10,14H,3-7H2,1-2H3. The van der Waals surface area contributed by atoms with Crippen molar-refractivity contribution in [2.75, 3.05) is 13.1 Å². The molecule has 0 bridgehead atoms. The van der Waals surface area contributed by atoms with Crippen LogP contribution in [0, 0.1) is 0 Å². The molecule has 1 N–H and O–H groups in total. The van der Waals surface area contributed by atoms with Crippen LogP contribution >= 0.6 is 0 Å². The second kappa shape index (κ2) is 5.95. The molecule has 0 aromatic carbocycles. The molecule has 1 aliphatic rings. The second-order valence-corrected chi connectivity index (χ2v) is 4.94. The van der Waals surface area contributed by atoms with Crippen LogP contribution in [-0.2, 0) is 11.2 Å². The third-order valence-electron chi connectivity index (χ3n) is 3.08. The monoisotopic (exact) mass is 252 g/mol. The highest BCUT2D eigenvalue weighted by molar-refractivity contribution is 5.82. The lowest BCUT2D eigenvalue weighted by atomic mass is 10.0. The SMILES string of the molecule is CC(C)NC1CCCN(CCc2ncon2)C1=O. The molecule has 1 aromatic rings. The van der Waals surface area contributed by atoms with Crippen LogP contribution in [0.5, 0.6) is 0 Å². The van der Waals surface area contributed by atoms with Crippen molar-refractivity contribution in [3.05, 3.63) is 12.2 Å². The molecule has 1 amide bonds. The molecule has 0 aliphatic carbocycles. The van der Waals surface area contributed by atoms with E-state index in [-0.39, 0.29) is 11.9 Å². The van der Waals surface area contributed by atoms with Gasteiger partial charge < -0.3 is 14.7 Å². The average molecular weight is 252 g/mol. The Balaban J connectivity index is 1.86. The first-order chi connectivity index (χ1) is 8.66. The summed E-state index contributed by atoms with van der Waals surface area (Å²) in [6.07, 6.45) is 3.94. The Morgan fingerprint density at radius 3 is 3.11 bits per heavy atom. The largest absolute Gasteiger partial charge is 0.343 e. The van der Waals surface area contributed by atoms with Crippen molar-refractivity contribution in [1.82, 2.24) is 20.4 Å². The Hall–Kier alpha value is -1.43. The molecule has 18 heavy (non-hydrogen) atoms. The number of hydrogen-bond donors (Lipinski definition) is 1. The Morgan fingerprint density at radius 2 is 2.44 bits per heavy atom. The fourth-order valence-electron chi connectivity index (χ4n) is 2.26. The van der Waals surface area contributed by atoms with Crippen molar-refractivity contribution in [1.29, 1.82) is 0 Å². The van der Waals surface area contributed by atoms with Crippen molar-refractivity contribution in [3.63, 3.8) is 0 Å². The lowest BCUT2D eigenvalue weighted by Gasteiger charge is -2.33. The number of nitrogens with zero attached hydrogens (tertiary/aromatic N) is 3. The second-order valence-electron chi connectivity index (χ2n) is 4.94. The van der Waals surface area contributed by atoms with Gasteiger partial charge in [0, 0.05) is 25.6 Å². The molecule has 6 heteroatoms. The average Bonchev–Trinajstić information content (AvgIpc) is 2.83. The van der Waals surface area contributed by atoms with Crippen molar-refractivity contribution in [2.45, 2.75) is 45.2 Å². The summed E-state index contributed by atoms with van der Waals surface area (Å²) in [5.74, 6) is 0.847. The lowest BCUT2D eigenvalue weighted by Crippen LogP contribution is -2.52. The summed E-state index contributed by atoms with van der Waals surface area (Å²) < 4.78 is 4.68. The van der Waals surface area contributed by atoms with Gasteiger partial charge in [0.15, 0.2) is 5.82 Å². The molecule has 1 aliphatic heterocycles. The number of amides is 1. The number of aromatic nitrogens is 2. The zero-order valence-corrected chi connectivity index (χ0v) is 10.9. The molecule has 6 nitrogen and oxygen atoms in total. The number of hydrogen-bond acceptors (Lipinski definition) is 5. The molecule has 1 atom stereocenters. The van der Waals surface area contributed by atoms with Gasteiger partial charge in [0.05, 0.1) is 6.04 Å². The number of likely N-dealkylation sites (tertiary alicyclic amines) is 1. The van der Waals surface area contributed by atoms with Gasteiger partial charge in [0.25, 0.3) is 0 Å². The summed E-state index contributed by atoms with van der Waals surface area (Å²) in [5.41, 5.74) is 0. The normalized spacial score (nSPS) is 20.7. The topological polar surface area (TPSA) is 71.3 Å². The highest BCUT2D eigenvalue weighted by Gasteiger charge is 2.28.